The average Bonchev–Trinajstić information content (AvgIpc) is 2.58. The molecule has 18 heavy (non-hydrogen) atoms. The van der Waals surface area contributed by atoms with Crippen LogP contribution in [0, 0.1) is 6.92 Å². The molecule has 0 aliphatic heterocycles. The van der Waals surface area contributed by atoms with Crippen LogP contribution in [0.25, 0.3) is 0 Å². The fourth-order valence-electron chi connectivity index (χ4n) is 1.36. The largest absolute Gasteiger partial charge is 0.356 e. The lowest BCUT2D eigenvalue weighted by Gasteiger charge is -2.06. The van der Waals surface area contributed by atoms with Gasteiger partial charge < -0.3 is 5.32 Å². The van der Waals surface area contributed by atoms with Gasteiger partial charge in [0, 0.05) is 24.4 Å². The number of halogens is 1. The third-order valence-corrected chi connectivity index (χ3v) is 5.42. The standard InChI is InChI=1S/C10H15BrN2O3S2/c1-3-12-10(14)4-5-13-18(15,16)8-6-9(11)17-7(8)2/h6,13H,3-5H2,1-2H3,(H,12,14). The van der Waals surface area contributed by atoms with Crippen LogP contribution in [-0.4, -0.2) is 27.4 Å². The lowest BCUT2D eigenvalue weighted by Crippen LogP contribution is -2.30. The van der Waals surface area contributed by atoms with Crippen molar-refractivity contribution in [2.75, 3.05) is 13.1 Å². The number of aryl methyl sites for hydroxylation is 1. The first kappa shape index (κ1) is 15.6. The van der Waals surface area contributed by atoms with Crippen LogP contribution in [0.2, 0.25) is 0 Å². The summed E-state index contributed by atoms with van der Waals surface area (Å²) < 4.78 is 27.1. The molecule has 5 nitrogen and oxygen atoms in total. The molecular formula is C10H15BrN2O3S2. The summed E-state index contributed by atoms with van der Waals surface area (Å²) in [7, 11) is -3.53. The van der Waals surface area contributed by atoms with Crippen LogP contribution in [0.15, 0.2) is 14.7 Å². The van der Waals surface area contributed by atoms with Gasteiger partial charge in [-0.3, -0.25) is 4.79 Å². The molecule has 0 fully saturated rings. The van der Waals surface area contributed by atoms with E-state index >= 15 is 0 Å². The van der Waals surface area contributed by atoms with Gasteiger partial charge in [-0.15, -0.1) is 11.3 Å². The number of carbonyl (C=O) groups is 1. The predicted octanol–water partition coefficient (Wildman–Crippen LogP) is 1.62. The highest BCUT2D eigenvalue weighted by molar-refractivity contribution is 9.11. The van der Waals surface area contributed by atoms with Crippen LogP contribution >= 0.6 is 27.3 Å². The number of sulfonamides is 1. The van der Waals surface area contributed by atoms with Crippen molar-refractivity contribution in [2.24, 2.45) is 0 Å². The van der Waals surface area contributed by atoms with Gasteiger partial charge in [0.1, 0.15) is 0 Å². The van der Waals surface area contributed by atoms with Crippen molar-refractivity contribution in [1.29, 1.82) is 0 Å². The predicted molar refractivity (Wildman–Crippen MR) is 75.2 cm³/mol. The number of amides is 1. The Kier molecular flexibility index (Phi) is 5.77. The van der Waals surface area contributed by atoms with Crippen molar-refractivity contribution in [3.8, 4) is 0 Å². The lowest BCUT2D eigenvalue weighted by atomic mass is 10.4. The van der Waals surface area contributed by atoms with Crippen molar-refractivity contribution in [3.05, 3.63) is 14.7 Å². The third kappa shape index (κ3) is 4.34. The van der Waals surface area contributed by atoms with E-state index in [-0.39, 0.29) is 23.8 Å². The van der Waals surface area contributed by atoms with Crippen LogP contribution in [0.3, 0.4) is 0 Å². The van der Waals surface area contributed by atoms with Gasteiger partial charge in [-0.25, -0.2) is 13.1 Å². The lowest BCUT2D eigenvalue weighted by molar-refractivity contribution is -0.120. The highest BCUT2D eigenvalue weighted by Gasteiger charge is 2.19. The van der Waals surface area contributed by atoms with E-state index in [1.807, 2.05) is 6.92 Å². The number of nitrogens with one attached hydrogen (secondary N) is 2. The van der Waals surface area contributed by atoms with Crippen molar-refractivity contribution in [1.82, 2.24) is 10.0 Å². The Morgan fingerprint density at radius 1 is 1.50 bits per heavy atom. The summed E-state index contributed by atoms with van der Waals surface area (Å²) in [6, 6.07) is 1.56. The van der Waals surface area contributed by atoms with Crippen LogP contribution in [0.1, 0.15) is 18.2 Å². The topological polar surface area (TPSA) is 75.3 Å². The molecule has 0 radical (unpaired) electrons. The van der Waals surface area contributed by atoms with E-state index in [0.29, 0.717) is 11.4 Å². The fourth-order valence-corrected chi connectivity index (χ4v) is 4.80. The Balaban J connectivity index is 2.61. The Bertz CT molecular complexity index is 525. The molecule has 0 aliphatic rings. The quantitative estimate of drug-likeness (QED) is 0.814. The van der Waals surface area contributed by atoms with Crippen molar-refractivity contribution in [2.45, 2.75) is 25.2 Å². The first-order valence-electron chi connectivity index (χ1n) is 5.39. The monoisotopic (exact) mass is 354 g/mol. The zero-order valence-corrected chi connectivity index (χ0v) is 13.3. The molecule has 1 rings (SSSR count). The number of thiophene rings is 1. The molecule has 0 saturated carbocycles. The molecule has 1 aromatic rings. The minimum absolute atomic E-state index is 0.0983. The summed E-state index contributed by atoms with van der Waals surface area (Å²) in [6.45, 7) is 4.20. The van der Waals surface area contributed by atoms with Crippen molar-refractivity contribution in [3.63, 3.8) is 0 Å². The minimum atomic E-state index is -3.53. The Labute approximate surface area is 119 Å². The number of carbonyl (C=O) groups excluding carboxylic acids is 1. The van der Waals surface area contributed by atoms with E-state index in [1.54, 1.807) is 13.0 Å². The zero-order valence-electron chi connectivity index (χ0n) is 10.1. The Morgan fingerprint density at radius 2 is 2.17 bits per heavy atom. The first-order chi connectivity index (χ1) is 8.36. The number of hydrogen-bond acceptors (Lipinski definition) is 4. The summed E-state index contributed by atoms with van der Waals surface area (Å²) in [5.74, 6) is -0.163. The van der Waals surface area contributed by atoms with E-state index in [9.17, 15) is 13.2 Å². The van der Waals surface area contributed by atoms with Gasteiger partial charge >= 0.3 is 0 Å². The smallest absolute Gasteiger partial charge is 0.241 e. The Morgan fingerprint density at radius 3 is 2.67 bits per heavy atom. The van der Waals surface area contributed by atoms with Gasteiger partial charge in [0.2, 0.25) is 15.9 Å². The molecule has 0 unspecified atom stereocenters. The molecule has 0 aliphatic carbocycles. The van der Waals surface area contributed by atoms with Gasteiger partial charge in [-0.05, 0) is 35.8 Å². The maximum absolute atomic E-state index is 11.9. The second kappa shape index (κ2) is 6.65. The number of rotatable bonds is 6. The highest BCUT2D eigenvalue weighted by Crippen LogP contribution is 2.29. The molecule has 102 valence electrons. The van der Waals surface area contributed by atoms with Crippen molar-refractivity contribution < 1.29 is 13.2 Å². The highest BCUT2D eigenvalue weighted by atomic mass is 79.9. The van der Waals surface area contributed by atoms with Crippen molar-refractivity contribution >= 4 is 43.2 Å². The SMILES string of the molecule is CCNC(=O)CCNS(=O)(=O)c1cc(Br)sc1C. The summed E-state index contributed by atoms with van der Waals surface area (Å²) in [6.07, 6.45) is 0.136. The average molecular weight is 355 g/mol. The second-order valence-electron chi connectivity index (χ2n) is 3.57. The maximum atomic E-state index is 11.9. The van der Waals surface area contributed by atoms with E-state index in [1.165, 1.54) is 11.3 Å². The summed E-state index contributed by atoms with van der Waals surface area (Å²) in [4.78, 5) is 12.2. The van der Waals surface area contributed by atoms with E-state index in [0.717, 1.165) is 3.79 Å². The molecule has 0 saturated heterocycles. The molecule has 1 heterocycles. The van der Waals surface area contributed by atoms with Gasteiger partial charge in [0.15, 0.2) is 0 Å². The fraction of sp³-hybridized carbons (Fsp3) is 0.500. The number of hydrogen-bond donors (Lipinski definition) is 2. The van der Waals surface area contributed by atoms with Gasteiger partial charge in [0.25, 0.3) is 0 Å². The molecule has 0 aromatic carbocycles. The summed E-state index contributed by atoms with van der Waals surface area (Å²) in [5.41, 5.74) is 0. The minimum Gasteiger partial charge on any atom is -0.356 e. The van der Waals surface area contributed by atoms with Crippen LogP contribution in [0.4, 0.5) is 0 Å². The molecule has 2 N–H and O–H groups in total. The van der Waals surface area contributed by atoms with Crippen LogP contribution < -0.4 is 10.0 Å². The summed E-state index contributed by atoms with van der Waals surface area (Å²) >= 11 is 4.61. The van der Waals surface area contributed by atoms with Crippen LogP contribution in [-0.2, 0) is 14.8 Å². The molecule has 0 atom stereocenters. The maximum Gasteiger partial charge on any atom is 0.241 e. The molecule has 8 heteroatoms. The van der Waals surface area contributed by atoms with E-state index < -0.39 is 10.0 Å². The zero-order chi connectivity index (χ0) is 13.8. The van der Waals surface area contributed by atoms with Gasteiger partial charge in [0.05, 0.1) is 8.68 Å². The Hall–Kier alpha value is -0.440. The molecule has 1 aromatic heterocycles. The normalized spacial score (nSPS) is 11.5. The van der Waals surface area contributed by atoms with Gasteiger partial charge in [-0.1, -0.05) is 0 Å². The first-order valence-corrected chi connectivity index (χ1v) is 8.48. The van der Waals surface area contributed by atoms with E-state index in [2.05, 4.69) is 26.0 Å². The molecule has 0 spiro atoms. The van der Waals surface area contributed by atoms with Crippen LogP contribution in [0.5, 0.6) is 0 Å². The van der Waals surface area contributed by atoms with E-state index in [4.69, 9.17) is 0 Å². The second-order valence-corrected chi connectivity index (χ2v) is 7.94. The summed E-state index contributed by atoms with van der Waals surface area (Å²) in [5, 5.41) is 2.61. The van der Waals surface area contributed by atoms with Gasteiger partial charge in [-0.2, -0.15) is 0 Å². The molecular weight excluding hydrogens is 340 g/mol. The molecule has 0 bridgehead atoms. The third-order valence-electron chi connectivity index (χ3n) is 2.15. The molecule has 1 amide bonds.